The molecule has 0 unspecified atom stereocenters. The summed E-state index contributed by atoms with van der Waals surface area (Å²) in [6.07, 6.45) is 1.47. The lowest BCUT2D eigenvalue weighted by molar-refractivity contribution is -0.384. The highest BCUT2D eigenvalue weighted by molar-refractivity contribution is 5.87. The van der Waals surface area contributed by atoms with Crippen molar-refractivity contribution in [3.8, 4) is 11.3 Å². The van der Waals surface area contributed by atoms with E-state index in [0.717, 1.165) is 0 Å². The van der Waals surface area contributed by atoms with Crippen LogP contribution in [-0.4, -0.2) is 20.6 Å². The highest BCUT2D eigenvalue weighted by Gasteiger charge is 2.15. The van der Waals surface area contributed by atoms with E-state index in [4.69, 9.17) is 5.11 Å². The molecule has 0 fully saturated rings. The van der Waals surface area contributed by atoms with Crippen LogP contribution in [0, 0.1) is 10.1 Å². The first kappa shape index (κ1) is 15.2. The third-order valence-corrected chi connectivity index (χ3v) is 3.09. The van der Waals surface area contributed by atoms with Crippen molar-refractivity contribution in [1.82, 2.24) is 4.57 Å². The van der Waals surface area contributed by atoms with E-state index in [-0.39, 0.29) is 17.8 Å². The Hall–Kier alpha value is -3.22. The second-order valence-corrected chi connectivity index (χ2v) is 4.45. The standard InChI is InChI=1S/C15H12N2O5/c1-2-9-16-13(8-7-12(14(16)18)15(19)20)10-3-5-11(6-4-10)17(21)22/h2-8H,1,9H2,(H,19,20). The molecule has 2 aromatic rings. The number of hydrogen-bond donors (Lipinski definition) is 1. The monoisotopic (exact) mass is 300 g/mol. The van der Waals surface area contributed by atoms with E-state index in [1.165, 1.54) is 47.0 Å². The SMILES string of the molecule is C=CCn1c(-c2ccc([N+](=O)[O-])cc2)ccc(C(=O)O)c1=O. The lowest BCUT2D eigenvalue weighted by Gasteiger charge is -2.12. The smallest absolute Gasteiger partial charge is 0.341 e. The first-order chi connectivity index (χ1) is 10.5. The van der Waals surface area contributed by atoms with Crippen LogP contribution in [0.15, 0.2) is 53.8 Å². The van der Waals surface area contributed by atoms with E-state index >= 15 is 0 Å². The first-order valence-electron chi connectivity index (χ1n) is 6.28. The molecule has 0 atom stereocenters. The van der Waals surface area contributed by atoms with Crippen molar-refractivity contribution < 1.29 is 14.8 Å². The maximum absolute atomic E-state index is 12.2. The van der Waals surface area contributed by atoms with Gasteiger partial charge >= 0.3 is 5.97 Å². The van der Waals surface area contributed by atoms with Crippen LogP contribution in [0.1, 0.15) is 10.4 Å². The number of benzene rings is 1. The van der Waals surface area contributed by atoms with Gasteiger partial charge in [-0.1, -0.05) is 6.08 Å². The number of nitrogens with zero attached hydrogens (tertiary/aromatic N) is 2. The molecule has 0 aliphatic carbocycles. The zero-order chi connectivity index (χ0) is 16.3. The molecule has 0 radical (unpaired) electrons. The predicted molar refractivity (Wildman–Crippen MR) is 79.9 cm³/mol. The number of nitro groups is 1. The van der Waals surface area contributed by atoms with Gasteiger partial charge in [-0.05, 0) is 29.8 Å². The lowest BCUT2D eigenvalue weighted by atomic mass is 10.1. The van der Waals surface area contributed by atoms with Gasteiger partial charge in [0.1, 0.15) is 5.56 Å². The average Bonchev–Trinajstić information content (AvgIpc) is 2.49. The van der Waals surface area contributed by atoms with E-state index in [0.29, 0.717) is 11.3 Å². The Morgan fingerprint density at radius 2 is 1.91 bits per heavy atom. The number of non-ortho nitro benzene ring substituents is 1. The Bertz CT molecular complexity index is 806. The molecule has 0 saturated carbocycles. The summed E-state index contributed by atoms with van der Waals surface area (Å²) in [4.78, 5) is 33.4. The molecule has 0 spiro atoms. The van der Waals surface area contributed by atoms with E-state index in [1.54, 1.807) is 0 Å². The Morgan fingerprint density at radius 3 is 2.41 bits per heavy atom. The first-order valence-corrected chi connectivity index (χ1v) is 6.28. The second kappa shape index (κ2) is 6.04. The van der Waals surface area contributed by atoms with Gasteiger partial charge in [0.2, 0.25) is 0 Å². The predicted octanol–water partition coefficient (Wildman–Crippen LogP) is 2.31. The number of nitro benzene ring substituents is 1. The van der Waals surface area contributed by atoms with Gasteiger partial charge < -0.3 is 9.67 Å². The van der Waals surface area contributed by atoms with Gasteiger partial charge in [0, 0.05) is 18.7 Å². The zero-order valence-corrected chi connectivity index (χ0v) is 11.4. The fourth-order valence-electron chi connectivity index (χ4n) is 2.06. The lowest BCUT2D eigenvalue weighted by Crippen LogP contribution is -2.27. The molecule has 1 N–H and O–H groups in total. The van der Waals surface area contributed by atoms with Gasteiger partial charge in [-0.25, -0.2) is 4.79 Å². The van der Waals surface area contributed by atoms with Gasteiger partial charge in [-0.3, -0.25) is 14.9 Å². The minimum absolute atomic E-state index is 0.0662. The number of allylic oxidation sites excluding steroid dienone is 1. The summed E-state index contributed by atoms with van der Waals surface area (Å²) in [5.74, 6) is -1.31. The minimum atomic E-state index is -1.31. The number of pyridine rings is 1. The number of carboxylic acids is 1. The minimum Gasteiger partial charge on any atom is -0.477 e. The number of carbonyl (C=O) groups is 1. The fourth-order valence-corrected chi connectivity index (χ4v) is 2.06. The fraction of sp³-hybridized carbons (Fsp3) is 0.0667. The van der Waals surface area contributed by atoms with Crippen LogP contribution in [0.4, 0.5) is 5.69 Å². The Morgan fingerprint density at radius 1 is 1.27 bits per heavy atom. The third kappa shape index (κ3) is 2.78. The van der Waals surface area contributed by atoms with Crippen LogP contribution in [0.2, 0.25) is 0 Å². The molecule has 112 valence electrons. The molecule has 0 aliphatic heterocycles. The highest BCUT2D eigenvalue weighted by atomic mass is 16.6. The summed E-state index contributed by atoms with van der Waals surface area (Å²) in [6.45, 7) is 3.68. The molecule has 7 heteroatoms. The molecular weight excluding hydrogens is 288 g/mol. The molecule has 2 rings (SSSR count). The van der Waals surface area contributed by atoms with Crippen molar-refractivity contribution in [1.29, 1.82) is 0 Å². The van der Waals surface area contributed by atoms with Crippen LogP contribution in [0.3, 0.4) is 0 Å². The average molecular weight is 300 g/mol. The molecule has 0 bridgehead atoms. The van der Waals surface area contributed by atoms with Crippen LogP contribution < -0.4 is 5.56 Å². The maximum atomic E-state index is 12.2. The largest absolute Gasteiger partial charge is 0.477 e. The van der Waals surface area contributed by atoms with Crippen molar-refractivity contribution in [3.05, 3.63) is 75.1 Å². The maximum Gasteiger partial charge on any atom is 0.341 e. The second-order valence-electron chi connectivity index (χ2n) is 4.45. The molecule has 0 aliphatic rings. The van der Waals surface area contributed by atoms with E-state index in [9.17, 15) is 19.7 Å². The number of aromatic carboxylic acids is 1. The normalized spacial score (nSPS) is 10.2. The summed E-state index contributed by atoms with van der Waals surface area (Å²) < 4.78 is 1.26. The summed E-state index contributed by atoms with van der Waals surface area (Å²) >= 11 is 0. The molecule has 22 heavy (non-hydrogen) atoms. The van der Waals surface area contributed by atoms with Crippen LogP contribution in [-0.2, 0) is 6.54 Å². The van der Waals surface area contributed by atoms with E-state index < -0.39 is 16.5 Å². The van der Waals surface area contributed by atoms with Crippen molar-refractivity contribution in [3.63, 3.8) is 0 Å². The Labute approximate surface area is 124 Å². The van der Waals surface area contributed by atoms with Crippen molar-refractivity contribution in [2.75, 3.05) is 0 Å². The Balaban J connectivity index is 2.61. The van der Waals surface area contributed by atoms with E-state index in [2.05, 4.69) is 6.58 Å². The number of hydrogen-bond acceptors (Lipinski definition) is 4. The summed E-state index contributed by atoms with van der Waals surface area (Å²) in [6, 6.07) is 8.38. The molecule has 0 saturated heterocycles. The Kier molecular flexibility index (Phi) is 4.17. The van der Waals surface area contributed by atoms with Crippen molar-refractivity contribution in [2.24, 2.45) is 0 Å². The summed E-state index contributed by atoms with van der Waals surface area (Å²) in [7, 11) is 0. The van der Waals surface area contributed by atoms with Crippen LogP contribution in [0.5, 0.6) is 0 Å². The molecular formula is C15H12N2O5. The molecule has 1 heterocycles. The molecule has 7 nitrogen and oxygen atoms in total. The molecule has 0 amide bonds. The topological polar surface area (TPSA) is 102 Å². The van der Waals surface area contributed by atoms with Gasteiger partial charge in [-0.15, -0.1) is 6.58 Å². The van der Waals surface area contributed by atoms with Gasteiger partial charge in [0.05, 0.1) is 10.6 Å². The quantitative estimate of drug-likeness (QED) is 0.518. The molecule has 1 aromatic heterocycles. The van der Waals surface area contributed by atoms with Crippen LogP contribution in [0.25, 0.3) is 11.3 Å². The molecule has 1 aromatic carbocycles. The van der Waals surface area contributed by atoms with Crippen LogP contribution >= 0.6 is 0 Å². The van der Waals surface area contributed by atoms with Gasteiger partial charge in [0.15, 0.2) is 0 Å². The summed E-state index contributed by atoms with van der Waals surface area (Å²) in [5, 5.41) is 19.7. The zero-order valence-electron chi connectivity index (χ0n) is 11.4. The number of carboxylic acid groups (broad SMARTS) is 1. The highest BCUT2D eigenvalue weighted by Crippen LogP contribution is 2.22. The van der Waals surface area contributed by atoms with Crippen molar-refractivity contribution in [2.45, 2.75) is 6.54 Å². The number of rotatable bonds is 5. The van der Waals surface area contributed by atoms with Gasteiger partial charge in [0.25, 0.3) is 11.2 Å². The number of aromatic nitrogens is 1. The van der Waals surface area contributed by atoms with Crippen molar-refractivity contribution >= 4 is 11.7 Å². The summed E-state index contributed by atoms with van der Waals surface area (Å²) in [5.41, 5.74) is -0.0226. The third-order valence-electron chi connectivity index (χ3n) is 3.09. The van der Waals surface area contributed by atoms with Gasteiger partial charge in [-0.2, -0.15) is 0 Å². The van der Waals surface area contributed by atoms with E-state index in [1.807, 2.05) is 0 Å².